The monoisotopic (exact) mass is 376 g/mol. The largest absolute Gasteiger partial charge is 0.489 e. The number of hydrogen-bond donors (Lipinski definition) is 0. The van der Waals surface area contributed by atoms with E-state index in [9.17, 15) is 9.18 Å². The van der Waals surface area contributed by atoms with Crippen LogP contribution in [0.4, 0.5) is 4.39 Å². The number of rotatable bonds is 7. The van der Waals surface area contributed by atoms with Crippen molar-refractivity contribution in [2.24, 2.45) is 0 Å². The minimum absolute atomic E-state index is 0.0791. The Morgan fingerprint density at radius 1 is 1.07 bits per heavy atom. The van der Waals surface area contributed by atoms with E-state index < -0.39 is 0 Å². The van der Waals surface area contributed by atoms with Crippen LogP contribution in [0.15, 0.2) is 73.1 Å². The number of ether oxygens (including phenoxy) is 1. The zero-order chi connectivity index (χ0) is 19.3. The minimum atomic E-state index is -0.278. The Balaban J connectivity index is 1.43. The van der Waals surface area contributed by atoms with Gasteiger partial charge in [0.05, 0.1) is 0 Å². The molecular weight excluding hydrogens is 355 g/mol. The van der Waals surface area contributed by atoms with Gasteiger partial charge in [-0.15, -0.1) is 0 Å². The summed E-state index contributed by atoms with van der Waals surface area (Å²) in [6, 6.07) is 17.7. The molecule has 1 amide bonds. The normalized spacial score (nSPS) is 13.2. The van der Waals surface area contributed by atoms with Crippen LogP contribution in [0, 0.1) is 5.82 Å². The van der Waals surface area contributed by atoms with Gasteiger partial charge in [0.1, 0.15) is 18.2 Å². The molecule has 2 aromatic carbocycles. The number of carbonyl (C=O) groups excluding carboxylic acids is 1. The van der Waals surface area contributed by atoms with Gasteiger partial charge < -0.3 is 9.64 Å². The first-order valence-electron chi connectivity index (χ1n) is 9.37. The van der Waals surface area contributed by atoms with Crippen LogP contribution in [-0.4, -0.2) is 21.8 Å². The maximum Gasteiger partial charge on any atom is 0.254 e. The summed E-state index contributed by atoms with van der Waals surface area (Å²) >= 11 is 0. The van der Waals surface area contributed by atoms with Crippen molar-refractivity contribution < 1.29 is 13.9 Å². The Morgan fingerprint density at radius 3 is 2.54 bits per heavy atom. The van der Waals surface area contributed by atoms with Gasteiger partial charge in [-0.05, 0) is 49.2 Å². The molecule has 0 spiro atoms. The maximum atomic E-state index is 14.0. The van der Waals surface area contributed by atoms with Crippen LogP contribution in [-0.2, 0) is 13.2 Å². The van der Waals surface area contributed by atoms with E-state index in [1.807, 2.05) is 12.1 Å². The van der Waals surface area contributed by atoms with Crippen molar-refractivity contribution in [3.8, 4) is 5.75 Å². The van der Waals surface area contributed by atoms with E-state index in [1.54, 1.807) is 59.8 Å². The summed E-state index contributed by atoms with van der Waals surface area (Å²) in [5.74, 6) is 0.331. The molecule has 4 nitrogen and oxygen atoms in total. The van der Waals surface area contributed by atoms with Crippen molar-refractivity contribution in [3.63, 3.8) is 0 Å². The molecule has 1 saturated carbocycles. The smallest absolute Gasteiger partial charge is 0.254 e. The molecule has 0 unspecified atom stereocenters. The van der Waals surface area contributed by atoms with Crippen LogP contribution in [0.25, 0.3) is 0 Å². The lowest BCUT2D eigenvalue weighted by molar-refractivity contribution is 0.0728. The van der Waals surface area contributed by atoms with Gasteiger partial charge in [-0.1, -0.05) is 24.3 Å². The lowest BCUT2D eigenvalue weighted by Gasteiger charge is -2.23. The second kappa shape index (κ2) is 8.21. The van der Waals surface area contributed by atoms with Gasteiger partial charge in [0, 0.05) is 41.7 Å². The quantitative estimate of drug-likeness (QED) is 0.605. The number of aromatic nitrogens is 1. The van der Waals surface area contributed by atoms with E-state index in [1.165, 1.54) is 6.07 Å². The number of hydrogen-bond acceptors (Lipinski definition) is 3. The van der Waals surface area contributed by atoms with E-state index in [0.717, 1.165) is 18.4 Å². The van der Waals surface area contributed by atoms with Gasteiger partial charge in [-0.25, -0.2) is 4.39 Å². The maximum absolute atomic E-state index is 14.0. The molecule has 0 aliphatic heterocycles. The second-order valence-corrected chi connectivity index (χ2v) is 6.93. The predicted octanol–water partition coefficient (Wildman–Crippen LogP) is 4.60. The summed E-state index contributed by atoms with van der Waals surface area (Å²) in [5.41, 5.74) is 2.10. The standard InChI is InChI=1S/C23H21FN2O2/c24-22-6-2-1-5-19(22)15-26(20-9-10-20)23(27)18-7-11-21(12-8-18)28-16-17-4-3-13-25-14-17/h1-8,11-14,20H,9-10,15-16H2. The summed E-state index contributed by atoms with van der Waals surface area (Å²) in [4.78, 5) is 18.8. The molecule has 0 N–H and O–H groups in total. The fourth-order valence-electron chi connectivity index (χ4n) is 3.07. The molecule has 1 aliphatic rings. The molecule has 0 atom stereocenters. The predicted molar refractivity (Wildman–Crippen MR) is 104 cm³/mol. The lowest BCUT2D eigenvalue weighted by atomic mass is 10.1. The molecule has 0 saturated heterocycles. The molecule has 4 rings (SSSR count). The molecule has 1 fully saturated rings. The van der Waals surface area contributed by atoms with Crippen LogP contribution in [0.3, 0.4) is 0 Å². The third-order valence-corrected chi connectivity index (χ3v) is 4.78. The summed E-state index contributed by atoms with van der Waals surface area (Å²) in [6.07, 6.45) is 5.41. The second-order valence-electron chi connectivity index (χ2n) is 6.93. The molecule has 1 aromatic heterocycles. The fraction of sp³-hybridized carbons (Fsp3) is 0.217. The van der Waals surface area contributed by atoms with Crippen LogP contribution < -0.4 is 4.74 Å². The molecular formula is C23H21FN2O2. The third-order valence-electron chi connectivity index (χ3n) is 4.78. The summed E-state index contributed by atoms with van der Waals surface area (Å²) in [7, 11) is 0. The average Bonchev–Trinajstić information content (AvgIpc) is 3.57. The summed E-state index contributed by atoms with van der Waals surface area (Å²) in [5, 5.41) is 0. The van der Waals surface area contributed by atoms with E-state index in [4.69, 9.17) is 4.74 Å². The van der Waals surface area contributed by atoms with Crippen molar-refractivity contribution in [1.29, 1.82) is 0 Å². The first kappa shape index (κ1) is 18.2. The SMILES string of the molecule is O=C(c1ccc(OCc2cccnc2)cc1)N(Cc1ccccc1F)C1CC1. The molecule has 1 heterocycles. The molecule has 5 heteroatoms. The van der Waals surface area contributed by atoms with E-state index in [-0.39, 0.29) is 24.3 Å². The van der Waals surface area contributed by atoms with Gasteiger partial charge in [-0.3, -0.25) is 9.78 Å². The number of halogens is 1. The first-order valence-corrected chi connectivity index (χ1v) is 9.37. The Morgan fingerprint density at radius 2 is 1.86 bits per heavy atom. The Kier molecular flexibility index (Phi) is 5.33. The average molecular weight is 376 g/mol. The van der Waals surface area contributed by atoms with Gasteiger partial charge >= 0.3 is 0 Å². The molecule has 0 bridgehead atoms. The Labute approximate surface area is 163 Å². The van der Waals surface area contributed by atoms with Crippen molar-refractivity contribution in [2.75, 3.05) is 0 Å². The van der Waals surface area contributed by atoms with Crippen LogP contribution in [0.2, 0.25) is 0 Å². The van der Waals surface area contributed by atoms with Gasteiger partial charge in [-0.2, -0.15) is 0 Å². The zero-order valence-electron chi connectivity index (χ0n) is 15.4. The summed E-state index contributed by atoms with van der Waals surface area (Å²) in [6.45, 7) is 0.706. The van der Waals surface area contributed by atoms with E-state index in [0.29, 0.717) is 23.5 Å². The molecule has 1 aliphatic carbocycles. The lowest BCUT2D eigenvalue weighted by Crippen LogP contribution is -2.32. The van der Waals surface area contributed by atoms with E-state index in [2.05, 4.69) is 4.98 Å². The third kappa shape index (κ3) is 4.36. The molecule has 142 valence electrons. The van der Waals surface area contributed by atoms with Gasteiger partial charge in [0.25, 0.3) is 5.91 Å². The number of benzene rings is 2. The Bertz CT molecular complexity index is 940. The number of pyridine rings is 1. The molecule has 3 aromatic rings. The van der Waals surface area contributed by atoms with Crippen molar-refractivity contribution in [3.05, 3.63) is 95.6 Å². The Hall–Kier alpha value is -3.21. The van der Waals surface area contributed by atoms with Crippen LogP contribution >= 0.6 is 0 Å². The minimum Gasteiger partial charge on any atom is -0.489 e. The first-order chi connectivity index (χ1) is 13.7. The van der Waals surface area contributed by atoms with Crippen LogP contribution in [0.1, 0.15) is 34.3 Å². The molecule has 28 heavy (non-hydrogen) atoms. The van der Waals surface area contributed by atoms with Crippen molar-refractivity contribution in [1.82, 2.24) is 9.88 Å². The highest BCUT2D eigenvalue weighted by Crippen LogP contribution is 2.30. The number of amides is 1. The highest BCUT2D eigenvalue weighted by atomic mass is 19.1. The highest BCUT2D eigenvalue weighted by Gasteiger charge is 2.33. The van der Waals surface area contributed by atoms with Gasteiger partial charge in [0.2, 0.25) is 0 Å². The summed E-state index contributed by atoms with van der Waals surface area (Å²) < 4.78 is 19.8. The van der Waals surface area contributed by atoms with Crippen molar-refractivity contribution in [2.45, 2.75) is 32.0 Å². The van der Waals surface area contributed by atoms with Crippen molar-refractivity contribution >= 4 is 5.91 Å². The number of nitrogens with zero attached hydrogens (tertiary/aromatic N) is 2. The number of carbonyl (C=O) groups is 1. The topological polar surface area (TPSA) is 42.4 Å². The van der Waals surface area contributed by atoms with Crippen LogP contribution in [0.5, 0.6) is 5.75 Å². The van der Waals surface area contributed by atoms with E-state index >= 15 is 0 Å². The fourth-order valence-corrected chi connectivity index (χ4v) is 3.07. The highest BCUT2D eigenvalue weighted by molar-refractivity contribution is 5.94. The van der Waals surface area contributed by atoms with Gasteiger partial charge in [0.15, 0.2) is 0 Å². The molecule has 0 radical (unpaired) electrons. The zero-order valence-corrected chi connectivity index (χ0v) is 15.4.